The molecule has 0 unspecified atom stereocenters. The highest BCUT2D eigenvalue weighted by atomic mass is 16.3. The van der Waals surface area contributed by atoms with Crippen molar-refractivity contribution in [2.24, 2.45) is 0 Å². The number of amides is 1. The van der Waals surface area contributed by atoms with Gasteiger partial charge in [-0.3, -0.25) is 4.79 Å². The van der Waals surface area contributed by atoms with Crippen LogP contribution >= 0.6 is 0 Å². The number of rotatable bonds is 1. The minimum Gasteiger partial charge on any atom is -0.506 e. The standard InChI is InChI=1S/C29H11NO2/c1-3-4-5-6-7-8-9-10-11-12-13-14-15-16-17-18-19-20-21-22-29(32)30-27-25-26(2)23-24-28(27)31/h23-25,31H,1-2H3,(H,30,32). The molecular formula is C29H11NO2. The first-order valence-electron chi connectivity index (χ1n) is 8.67. The summed E-state index contributed by atoms with van der Waals surface area (Å²) in [4.78, 5) is 11.7. The predicted molar refractivity (Wildman–Crippen MR) is 125 cm³/mol. The van der Waals surface area contributed by atoms with Crippen molar-refractivity contribution in [3.05, 3.63) is 23.8 Å². The molecule has 0 saturated carbocycles. The number of carbonyl (C=O) groups excluding carboxylic acids is 1. The number of benzene rings is 1. The Morgan fingerprint density at radius 3 is 1.53 bits per heavy atom. The van der Waals surface area contributed by atoms with E-state index in [1.807, 2.05) is 6.92 Å². The molecule has 0 radical (unpaired) electrons. The summed E-state index contributed by atoms with van der Waals surface area (Å²) in [6, 6.07) is 4.83. The van der Waals surface area contributed by atoms with Crippen LogP contribution in [0.25, 0.3) is 0 Å². The summed E-state index contributed by atoms with van der Waals surface area (Å²) >= 11 is 0. The summed E-state index contributed by atoms with van der Waals surface area (Å²) in [5, 5.41) is 12.1. The maximum Gasteiger partial charge on any atom is 0.301 e. The van der Waals surface area contributed by atoms with Gasteiger partial charge in [0.05, 0.1) is 5.69 Å². The molecule has 0 saturated heterocycles. The van der Waals surface area contributed by atoms with E-state index in [1.54, 1.807) is 19.1 Å². The van der Waals surface area contributed by atoms with Gasteiger partial charge < -0.3 is 10.4 Å². The summed E-state index contributed by atoms with van der Waals surface area (Å²) in [5.74, 6) is 48.8. The largest absolute Gasteiger partial charge is 0.506 e. The van der Waals surface area contributed by atoms with E-state index in [0.717, 1.165) is 5.56 Å². The number of anilines is 1. The van der Waals surface area contributed by atoms with Crippen molar-refractivity contribution in [2.75, 3.05) is 5.32 Å². The van der Waals surface area contributed by atoms with Crippen molar-refractivity contribution in [1.29, 1.82) is 0 Å². The molecule has 1 rings (SSSR count). The van der Waals surface area contributed by atoms with Gasteiger partial charge in [-0.05, 0) is 126 Å². The third-order valence-corrected chi connectivity index (χ3v) is 2.76. The smallest absolute Gasteiger partial charge is 0.301 e. The molecule has 0 bridgehead atoms. The SMILES string of the molecule is CC#CC#CC#CC#CC#CC#CC#CC#CC#CC#CC(=O)Nc1cc(C)ccc1O. The second kappa shape index (κ2) is 16.1. The highest BCUT2D eigenvalue weighted by molar-refractivity contribution is 6.05. The van der Waals surface area contributed by atoms with Gasteiger partial charge in [0, 0.05) is 17.8 Å². The van der Waals surface area contributed by atoms with Gasteiger partial charge in [0.15, 0.2) is 0 Å². The highest BCUT2D eigenvalue weighted by Gasteiger charge is 2.03. The molecule has 0 spiro atoms. The van der Waals surface area contributed by atoms with E-state index in [9.17, 15) is 9.90 Å². The van der Waals surface area contributed by atoms with Gasteiger partial charge in [0.1, 0.15) is 5.75 Å². The fraction of sp³-hybridized carbons (Fsp3) is 0.0690. The van der Waals surface area contributed by atoms with Crippen LogP contribution in [0.3, 0.4) is 0 Å². The third-order valence-electron chi connectivity index (χ3n) is 2.76. The van der Waals surface area contributed by atoms with E-state index in [2.05, 4.69) is 124 Å². The summed E-state index contributed by atoms with van der Waals surface area (Å²) in [7, 11) is 0. The first-order chi connectivity index (χ1) is 15.6. The molecule has 1 aromatic rings. The predicted octanol–water partition coefficient (Wildman–Crippen LogP) is 1.69. The molecule has 0 atom stereocenters. The van der Waals surface area contributed by atoms with Crippen LogP contribution in [-0.2, 0) is 4.79 Å². The number of hydrogen-bond donors (Lipinski definition) is 2. The molecule has 1 amide bonds. The zero-order valence-electron chi connectivity index (χ0n) is 17.1. The Balaban J connectivity index is 2.49. The van der Waals surface area contributed by atoms with Gasteiger partial charge in [-0.15, -0.1) is 0 Å². The topological polar surface area (TPSA) is 49.3 Å². The Bertz CT molecular complexity index is 1540. The quantitative estimate of drug-likeness (QED) is 0.552. The highest BCUT2D eigenvalue weighted by Crippen LogP contribution is 2.23. The summed E-state index contributed by atoms with van der Waals surface area (Å²) in [6.45, 7) is 3.52. The number of nitrogens with one attached hydrogen (secondary N) is 1. The van der Waals surface area contributed by atoms with E-state index in [1.165, 1.54) is 6.07 Å². The van der Waals surface area contributed by atoms with Crippen molar-refractivity contribution < 1.29 is 9.90 Å². The van der Waals surface area contributed by atoms with Crippen LogP contribution in [0.1, 0.15) is 12.5 Å². The lowest BCUT2D eigenvalue weighted by Crippen LogP contribution is -2.08. The Kier molecular flexibility index (Phi) is 12.1. The van der Waals surface area contributed by atoms with Gasteiger partial charge in [-0.25, -0.2) is 0 Å². The van der Waals surface area contributed by atoms with Crippen LogP contribution in [0, 0.1) is 125 Å². The minimum atomic E-state index is -0.600. The van der Waals surface area contributed by atoms with E-state index in [0.29, 0.717) is 0 Å². The number of phenols is 1. The van der Waals surface area contributed by atoms with Gasteiger partial charge in [0.25, 0.3) is 0 Å². The zero-order valence-corrected chi connectivity index (χ0v) is 17.1. The molecule has 32 heavy (non-hydrogen) atoms. The maximum absolute atomic E-state index is 11.7. The Morgan fingerprint density at radius 1 is 0.688 bits per heavy atom. The molecule has 3 heteroatoms. The molecule has 0 heterocycles. The van der Waals surface area contributed by atoms with Crippen LogP contribution in [0.15, 0.2) is 18.2 Å². The number of aryl methyl sites for hydroxylation is 1. The molecule has 1 aromatic carbocycles. The summed E-state index contributed by atoms with van der Waals surface area (Å²) in [5.41, 5.74) is 1.17. The van der Waals surface area contributed by atoms with E-state index in [-0.39, 0.29) is 11.4 Å². The van der Waals surface area contributed by atoms with E-state index < -0.39 is 5.91 Å². The van der Waals surface area contributed by atoms with Gasteiger partial charge in [0.2, 0.25) is 0 Å². The van der Waals surface area contributed by atoms with Gasteiger partial charge in [-0.2, -0.15) is 0 Å². The average molecular weight is 405 g/mol. The normalized spacial score (nSPS) is 6.06. The van der Waals surface area contributed by atoms with Crippen LogP contribution in [0.2, 0.25) is 0 Å². The lowest BCUT2D eigenvalue weighted by atomic mass is 10.2. The molecular weight excluding hydrogens is 394 g/mol. The fourth-order valence-electron chi connectivity index (χ4n) is 1.55. The van der Waals surface area contributed by atoms with Crippen LogP contribution < -0.4 is 5.32 Å². The lowest BCUT2D eigenvalue weighted by molar-refractivity contribution is -0.111. The van der Waals surface area contributed by atoms with E-state index >= 15 is 0 Å². The Hall–Kier alpha value is -5.91. The van der Waals surface area contributed by atoms with Gasteiger partial charge in [-0.1, -0.05) is 12.0 Å². The number of carbonyl (C=O) groups is 1. The molecule has 0 aliphatic heterocycles. The third kappa shape index (κ3) is 12.5. The fourth-order valence-corrected chi connectivity index (χ4v) is 1.55. The maximum atomic E-state index is 11.7. The molecule has 3 nitrogen and oxygen atoms in total. The van der Waals surface area contributed by atoms with Crippen molar-refractivity contribution >= 4 is 11.6 Å². The second-order valence-corrected chi connectivity index (χ2v) is 5.10. The average Bonchev–Trinajstić information content (AvgIpc) is 2.78. The molecule has 0 aliphatic rings. The number of aromatic hydroxyl groups is 1. The van der Waals surface area contributed by atoms with Gasteiger partial charge >= 0.3 is 5.91 Å². The molecule has 144 valence electrons. The van der Waals surface area contributed by atoms with Crippen LogP contribution in [0.4, 0.5) is 5.69 Å². The number of phenolic OH excluding ortho intramolecular Hbond substituents is 1. The lowest BCUT2D eigenvalue weighted by Gasteiger charge is -2.04. The Morgan fingerprint density at radius 2 is 1.09 bits per heavy atom. The summed E-state index contributed by atoms with van der Waals surface area (Å²) < 4.78 is 0. The Labute approximate surface area is 188 Å². The van der Waals surface area contributed by atoms with Crippen molar-refractivity contribution in [3.63, 3.8) is 0 Å². The molecule has 0 fully saturated rings. The molecule has 0 aromatic heterocycles. The molecule has 2 N–H and O–H groups in total. The van der Waals surface area contributed by atoms with Crippen LogP contribution in [0.5, 0.6) is 5.75 Å². The second-order valence-electron chi connectivity index (χ2n) is 5.10. The monoisotopic (exact) mass is 405 g/mol. The van der Waals surface area contributed by atoms with Crippen molar-refractivity contribution in [3.8, 4) is 124 Å². The minimum absolute atomic E-state index is 0.0443. The first kappa shape index (κ1) is 24.1. The number of hydrogen-bond acceptors (Lipinski definition) is 2. The zero-order chi connectivity index (χ0) is 23.3. The summed E-state index contributed by atoms with van der Waals surface area (Å²) in [6.07, 6.45) is 0. The van der Waals surface area contributed by atoms with Crippen molar-refractivity contribution in [2.45, 2.75) is 13.8 Å². The first-order valence-corrected chi connectivity index (χ1v) is 8.67. The van der Waals surface area contributed by atoms with Crippen molar-refractivity contribution in [1.82, 2.24) is 0 Å². The van der Waals surface area contributed by atoms with Crippen LogP contribution in [-0.4, -0.2) is 11.0 Å². The van der Waals surface area contributed by atoms with E-state index in [4.69, 9.17) is 0 Å². The molecule has 0 aliphatic carbocycles.